The van der Waals surface area contributed by atoms with Gasteiger partial charge in [0.2, 0.25) is 5.91 Å². The van der Waals surface area contributed by atoms with Crippen LogP contribution in [0.5, 0.6) is 0 Å². The van der Waals surface area contributed by atoms with Gasteiger partial charge in [-0.05, 0) is 42.3 Å². The Hall–Kier alpha value is -2.73. The molecule has 0 aliphatic carbocycles. The maximum absolute atomic E-state index is 12.2. The molecule has 27 heavy (non-hydrogen) atoms. The molecule has 5 nitrogen and oxygen atoms in total. The summed E-state index contributed by atoms with van der Waals surface area (Å²) in [5.41, 5.74) is 2.10. The van der Waals surface area contributed by atoms with Crippen LogP contribution in [0.1, 0.15) is 23.6 Å². The maximum atomic E-state index is 12.2. The van der Waals surface area contributed by atoms with E-state index in [4.69, 9.17) is 12.2 Å². The standard InChI is InChI=1S/C21H21N3O2S/c25-19(10-9-15-5-2-1-3-6-15)22-21(27)23-12-16-11-17(14-23)18-7-4-8-20(26)24(18)13-16/h1-10,16-17H,11-14H2,(H,22,25,27)/b10-9+/t16-,17+/m1/s1. The highest BCUT2D eigenvalue weighted by atomic mass is 32.1. The van der Waals surface area contributed by atoms with E-state index in [2.05, 4.69) is 10.2 Å². The Labute approximate surface area is 163 Å². The van der Waals surface area contributed by atoms with E-state index < -0.39 is 0 Å². The number of nitrogens with one attached hydrogen (secondary N) is 1. The second-order valence-electron chi connectivity index (χ2n) is 7.14. The molecule has 0 radical (unpaired) electrons. The number of carbonyl (C=O) groups is 1. The lowest BCUT2D eigenvalue weighted by Gasteiger charge is -2.43. The number of fused-ring (bicyclic) bond motifs is 4. The molecule has 0 saturated carbocycles. The summed E-state index contributed by atoms with van der Waals surface area (Å²) in [6, 6.07) is 15.1. The van der Waals surface area contributed by atoms with Crippen molar-refractivity contribution in [2.75, 3.05) is 13.1 Å². The van der Waals surface area contributed by atoms with Gasteiger partial charge in [0.25, 0.3) is 5.56 Å². The summed E-state index contributed by atoms with van der Waals surface area (Å²) in [5.74, 6) is 0.406. The molecule has 2 atom stereocenters. The van der Waals surface area contributed by atoms with E-state index in [1.54, 1.807) is 12.1 Å². The summed E-state index contributed by atoms with van der Waals surface area (Å²) >= 11 is 5.47. The number of piperidine rings is 1. The topological polar surface area (TPSA) is 54.3 Å². The molecule has 2 aliphatic rings. The van der Waals surface area contributed by atoms with Crippen LogP contribution in [-0.4, -0.2) is 33.6 Å². The third kappa shape index (κ3) is 3.85. The average Bonchev–Trinajstić information content (AvgIpc) is 2.68. The van der Waals surface area contributed by atoms with Crippen molar-refractivity contribution >= 4 is 29.3 Å². The number of hydrogen-bond acceptors (Lipinski definition) is 3. The predicted molar refractivity (Wildman–Crippen MR) is 109 cm³/mol. The van der Waals surface area contributed by atoms with E-state index in [1.165, 1.54) is 6.08 Å². The Morgan fingerprint density at radius 2 is 1.89 bits per heavy atom. The van der Waals surface area contributed by atoms with Crippen molar-refractivity contribution < 1.29 is 4.79 Å². The number of aromatic nitrogens is 1. The summed E-state index contributed by atoms with van der Waals surface area (Å²) in [6.45, 7) is 2.20. The highest BCUT2D eigenvalue weighted by molar-refractivity contribution is 7.80. The van der Waals surface area contributed by atoms with Gasteiger partial charge in [-0.1, -0.05) is 36.4 Å². The summed E-state index contributed by atoms with van der Waals surface area (Å²) in [7, 11) is 0. The van der Waals surface area contributed by atoms with Crippen LogP contribution in [0.15, 0.2) is 59.4 Å². The Bertz CT molecular complexity index is 951. The molecular weight excluding hydrogens is 358 g/mol. The van der Waals surface area contributed by atoms with Crippen molar-refractivity contribution in [3.05, 3.63) is 76.2 Å². The molecule has 1 saturated heterocycles. The molecule has 1 N–H and O–H groups in total. The van der Waals surface area contributed by atoms with E-state index in [0.29, 0.717) is 17.6 Å². The molecule has 1 fully saturated rings. The summed E-state index contributed by atoms with van der Waals surface area (Å²) < 4.78 is 1.89. The fraction of sp³-hybridized carbons (Fsp3) is 0.286. The number of benzene rings is 1. The Kier molecular flexibility index (Phi) is 4.90. The monoisotopic (exact) mass is 379 g/mol. The fourth-order valence-electron chi connectivity index (χ4n) is 4.02. The number of thiocarbonyl (C=S) groups is 1. The number of carbonyl (C=O) groups excluding carboxylic acids is 1. The second-order valence-corrected chi connectivity index (χ2v) is 7.53. The Morgan fingerprint density at radius 3 is 2.70 bits per heavy atom. The van der Waals surface area contributed by atoms with Gasteiger partial charge in [-0.2, -0.15) is 0 Å². The Morgan fingerprint density at radius 1 is 1.07 bits per heavy atom. The molecule has 2 aliphatic heterocycles. The van der Waals surface area contributed by atoms with Crippen molar-refractivity contribution in [2.24, 2.45) is 5.92 Å². The van der Waals surface area contributed by atoms with Gasteiger partial charge in [0.05, 0.1) is 0 Å². The van der Waals surface area contributed by atoms with Crippen molar-refractivity contribution in [1.29, 1.82) is 0 Å². The molecule has 1 aromatic heterocycles. The van der Waals surface area contributed by atoms with Gasteiger partial charge >= 0.3 is 0 Å². The minimum Gasteiger partial charge on any atom is -0.348 e. The normalized spacial score (nSPS) is 21.0. The molecular formula is C21H21N3O2S. The zero-order valence-corrected chi connectivity index (χ0v) is 15.7. The molecule has 138 valence electrons. The minimum absolute atomic E-state index is 0.0672. The largest absolute Gasteiger partial charge is 0.348 e. The van der Waals surface area contributed by atoms with E-state index in [0.717, 1.165) is 30.8 Å². The van der Waals surface area contributed by atoms with Gasteiger partial charge in [-0.25, -0.2) is 0 Å². The SMILES string of the molecule is O=C(/C=C/c1ccccc1)NC(=S)N1C[C@H]2C[C@@H](C1)c1cccc(=O)n1C2. The minimum atomic E-state index is -0.226. The Balaban J connectivity index is 1.41. The zero-order chi connectivity index (χ0) is 18.8. The quantitative estimate of drug-likeness (QED) is 0.643. The molecule has 2 aromatic rings. The molecule has 3 heterocycles. The van der Waals surface area contributed by atoms with Crippen LogP contribution in [0.25, 0.3) is 6.08 Å². The van der Waals surface area contributed by atoms with E-state index >= 15 is 0 Å². The second kappa shape index (κ2) is 7.48. The van der Waals surface area contributed by atoms with Crippen LogP contribution < -0.4 is 10.9 Å². The summed E-state index contributed by atoms with van der Waals surface area (Å²) in [4.78, 5) is 26.4. The zero-order valence-electron chi connectivity index (χ0n) is 14.9. The summed E-state index contributed by atoms with van der Waals surface area (Å²) in [6.07, 6.45) is 4.33. The van der Waals surface area contributed by atoms with Gasteiger partial charge in [-0.15, -0.1) is 0 Å². The van der Waals surface area contributed by atoms with E-state index in [9.17, 15) is 9.59 Å². The van der Waals surface area contributed by atoms with Crippen molar-refractivity contribution in [2.45, 2.75) is 18.9 Å². The fourth-order valence-corrected chi connectivity index (χ4v) is 4.27. The number of pyridine rings is 1. The average molecular weight is 379 g/mol. The van der Waals surface area contributed by atoms with Gasteiger partial charge in [0, 0.05) is 43.4 Å². The number of likely N-dealkylation sites (tertiary alicyclic amines) is 1. The first kappa shape index (κ1) is 17.7. The third-order valence-corrected chi connectivity index (χ3v) is 5.58. The number of hydrogen-bond donors (Lipinski definition) is 1. The lowest BCUT2D eigenvalue weighted by Crippen LogP contribution is -2.52. The highest BCUT2D eigenvalue weighted by Gasteiger charge is 2.35. The van der Waals surface area contributed by atoms with Gasteiger partial charge < -0.3 is 9.47 Å². The van der Waals surface area contributed by atoms with Crippen molar-refractivity contribution in [3.63, 3.8) is 0 Å². The smallest absolute Gasteiger partial charge is 0.250 e. The number of nitrogens with zero attached hydrogens (tertiary/aromatic N) is 2. The lowest BCUT2D eigenvalue weighted by atomic mass is 9.83. The summed E-state index contributed by atoms with van der Waals surface area (Å²) in [5, 5.41) is 3.27. The van der Waals surface area contributed by atoms with Gasteiger partial charge in [-0.3, -0.25) is 14.9 Å². The number of amides is 1. The molecule has 1 aromatic carbocycles. The van der Waals surface area contributed by atoms with E-state index in [1.807, 2.05) is 47.0 Å². The van der Waals surface area contributed by atoms with Crippen LogP contribution >= 0.6 is 12.2 Å². The van der Waals surface area contributed by atoms with Crippen molar-refractivity contribution in [3.8, 4) is 0 Å². The molecule has 4 rings (SSSR count). The van der Waals surface area contributed by atoms with Crippen molar-refractivity contribution in [1.82, 2.24) is 14.8 Å². The van der Waals surface area contributed by atoms with Crippen LogP contribution in [0.4, 0.5) is 0 Å². The van der Waals surface area contributed by atoms with Crippen LogP contribution in [0.2, 0.25) is 0 Å². The highest BCUT2D eigenvalue weighted by Crippen LogP contribution is 2.34. The number of rotatable bonds is 2. The third-order valence-electron chi connectivity index (χ3n) is 5.22. The molecule has 0 unspecified atom stereocenters. The first-order chi connectivity index (χ1) is 13.1. The lowest BCUT2D eigenvalue weighted by molar-refractivity contribution is -0.115. The van der Waals surface area contributed by atoms with E-state index in [-0.39, 0.29) is 17.4 Å². The van der Waals surface area contributed by atoms with Crippen LogP contribution in [-0.2, 0) is 11.3 Å². The van der Waals surface area contributed by atoms with Gasteiger partial charge in [0.1, 0.15) is 0 Å². The molecule has 6 heteroatoms. The van der Waals surface area contributed by atoms with Crippen LogP contribution in [0.3, 0.4) is 0 Å². The first-order valence-corrected chi connectivity index (χ1v) is 9.54. The molecule has 2 bridgehead atoms. The molecule has 1 amide bonds. The first-order valence-electron chi connectivity index (χ1n) is 9.13. The predicted octanol–water partition coefficient (Wildman–Crippen LogP) is 2.38. The van der Waals surface area contributed by atoms with Crippen LogP contribution in [0, 0.1) is 5.92 Å². The van der Waals surface area contributed by atoms with Gasteiger partial charge in [0.15, 0.2) is 5.11 Å². The molecule has 0 spiro atoms. The maximum Gasteiger partial charge on any atom is 0.250 e.